The lowest BCUT2D eigenvalue weighted by atomic mass is 10.0. The number of carbonyl (C=O) groups is 1. The van der Waals surface area contributed by atoms with Crippen LogP contribution in [0.15, 0.2) is 83.7 Å². The predicted molar refractivity (Wildman–Crippen MR) is 139 cm³/mol. The van der Waals surface area contributed by atoms with Crippen molar-refractivity contribution in [1.82, 2.24) is 25.1 Å². The molecule has 1 aliphatic carbocycles. The van der Waals surface area contributed by atoms with Gasteiger partial charge in [0.05, 0.1) is 11.4 Å². The van der Waals surface area contributed by atoms with Gasteiger partial charge >= 0.3 is 6.03 Å². The van der Waals surface area contributed by atoms with Crippen molar-refractivity contribution in [2.45, 2.75) is 25.8 Å². The Bertz CT molecular complexity index is 1630. The number of aromatic nitrogens is 4. The Kier molecular flexibility index (Phi) is 5.53. The fraction of sp³-hybridized carbons (Fsp3) is 0.143. The molecule has 1 aliphatic rings. The number of hydrogen-bond acceptors (Lipinski definition) is 4. The summed E-state index contributed by atoms with van der Waals surface area (Å²) in [6.07, 6.45) is 2.40. The first kappa shape index (κ1) is 21.8. The number of hydrogen-bond donors (Lipinski definition) is 3. The van der Waals surface area contributed by atoms with Crippen molar-refractivity contribution in [2.24, 2.45) is 0 Å². The van der Waals surface area contributed by atoms with Crippen LogP contribution in [0, 0.1) is 0 Å². The summed E-state index contributed by atoms with van der Waals surface area (Å²) >= 11 is 0. The van der Waals surface area contributed by atoms with Gasteiger partial charge in [0.25, 0.3) is 5.56 Å². The number of aryl methyl sites for hydroxylation is 1. The van der Waals surface area contributed by atoms with Crippen LogP contribution in [0.4, 0.5) is 10.6 Å². The Balaban J connectivity index is 1.30. The van der Waals surface area contributed by atoms with E-state index in [1.807, 2.05) is 72.8 Å². The van der Waals surface area contributed by atoms with Gasteiger partial charge in [0.15, 0.2) is 0 Å². The van der Waals surface area contributed by atoms with Crippen molar-refractivity contribution in [3.8, 4) is 17.2 Å². The molecule has 3 N–H and O–H groups in total. The molecule has 0 radical (unpaired) electrons. The zero-order valence-corrected chi connectivity index (χ0v) is 19.5. The van der Waals surface area contributed by atoms with Gasteiger partial charge in [-0.3, -0.25) is 15.1 Å². The van der Waals surface area contributed by atoms with E-state index in [9.17, 15) is 9.59 Å². The molecule has 0 fully saturated rings. The molecular weight excluding hydrogens is 452 g/mol. The molecule has 0 atom stereocenters. The summed E-state index contributed by atoms with van der Waals surface area (Å²) in [4.78, 5) is 33.1. The maximum atomic E-state index is 12.9. The maximum absolute atomic E-state index is 12.9. The Morgan fingerprint density at radius 3 is 2.67 bits per heavy atom. The summed E-state index contributed by atoms with van der Waals surface area (Å²) in [6, 6.07) is 25.2. The predicted octanol–water partition coefficient (Wildman–Crippen LogP) is 4.59. The summed E-state index contributed by atoms with van der Waals surface area (Å²) in [6.45, 7) is 0.362. The molecule has 178 valence electrons. The lowest BCUT2D eigenvalue weighted by Crippen LogP contribution is -2.29. The highest BCUT2D eigenvalue weighted by Gasteiger charge is 2.21. The molecule has 0 spiro atoms. The number of urea groups is 1. The molecule has 0 saturated carbocycles. The van der Waals surface area contributed by atoms with Crippen LogP contribution in [-0.4, -0.2) is 25.8 Å². The van der Waals surface area contributed by atoms with Gasteiger partial charge in [-0.2, -0.15) is 9.78 Å². The van der Waals surface area contributed by atoms with Gasteiger partial charge in [-0.1, -0.05) is 72.8 Å². The van der Waals surface area contributed by atoms with Crippen LogP contribution in [-0.2, 0) is 19.4 Å². The molecule has 2 amide bonds. The highest BCUT2D eigenvalue weighted by molar-refractivity contribution is 5.90. The third-order valence-electron chi connectivity index (χ3n) is 6.47. The number of nitrogens with zero attached hydrogens (tertiary/aromatic N) is 3. The fourth-order valence-corrected chi connectivity index (χ4v) is 4.69. The molecule has 6 rings (SSSR count). The minimum Gasteiger partial charge on any atom is -0.334 e. The van der Waals surface area contributed by atoms with Crippen molar-refractivity contribution in [1.29, 1.82) is 0 Å². The first-order valence-corrected chi connectivity index (χ1v) is 11.9. The number of nitrogens with one attached hydrogen (secondary N) is 3. The van der Waals surface area contributed by atoms with Crippen LogP contribution < -0.4 is 16.2 Å². The molecule has 36 heavy (non-hydrogen) atoms. The highest BCUT2D eigenvalue weighted by atomic mass is 16.2. The van der Waals surface area contributed by atoms with E-state index in [1.165, 1.54) is 4.68 Å². The van der Waals surface area contributed by atoms with Crippen LogP contribution in [0.25, 0.3) is 28.0 Å². The van der Waals surface area contributed by atoms with Crippen molar-refractivity contribution in [2.75, 3.05) is 5.32 Å². The molecule has 0 unspecified atom stereocenters. The van der Waals surface area contributed by atoms with Crippen LogP contribution in [0.5, 0.6) is 0 Å². The van der Waals surface area contributed by atoms with Crippen LogP contribution >= 0.6 is 0 Å². The maximum Gasteiger partial charge on any atom is 0.320 e. The third-order valence-corrected chi connectivity index (χ3v) is 6.47. The Morgan fingerprint density at radius 1 is 0.972 bits per heavy atom. The standard InChI is InChI=1S/C28H24N6O2/c35-26-22-14-7-15-23(22)30-27(32-26)34-25(16-24(33-34)19-9-2-1-3-10-19)31-28(36)29-17-20-12-6-11-18-8-4-5-13-21(18)20/h1-6,8-13,16H,7,14-15,17H2,(H2,29,31,36)(H,30,32,35). The molecule has 8 heteroatoms. The molecular formula is C28H24N6O2. The number of aromatic amines is 1. The molecule has 0 aliphatic heterocycles. The fourth-order valence-electron chi connectivity index (χ4n) is 4.69. The summed E-state index contributed by atoms with van der Waals surface area (Å²) in [7, 11) is 0. The normalized spacial score (nSPS) is 12.4. The van der Waals surface area contributed by atoms with Gasteiger partial charge in [0.1, 0.15) is 5.82 Å². The first-order valence-electron chi connectivity index (χ1n) is 11.9. The monoisotopic (exact) mass is 476 g/mol. The zero-order chi connectivity index (χ0) is 24.5. The van der Waals surface area contributed by atoms with E-state index in [0.717, 1.165) is 52.4 Å². The van der Waals surface area contributed by atoms with E-state index >= 15 is 0 Å². The molecule has 2 aromatic heterocycles. The molecule has 8 nitrogen and oxygen atoms in total. The van der Waals surface area contributed by atoms with Gasteiger partial charge in [0.2, 0.25) is 5.95 Å². The molecule has 0 saturated heterocycles. The van der Waals surface area contributed by atoms with Crippen molar-refractivity contribution in [3.05, 3.63) is 106 Å². The molecule has 5 aromatic rings. The quantitative estimate of drug-likeness (QED) is 0.345. The summed E-state index contributed by atoms with van der Waals surface area (Å²) in [5.41, 5.74) is 3.93. The van der Waals surface area contributed by atoms with Crippen LogP contribution in [0.3, 0.4) is 0 Å². The average molecular weight is 477 g/mol. The summed E-state index contributed by atoms with van der Waals surface area (Å²) in [5.74, 6) is 0.692. The number of fused-ring (bicyclic) bond motifs is 2. The summed E-state index contributed by atoms with van der Waals surface area (Å²) in [5, 5.41) is 12.7. The molecule has 0 bridgehead atoms. The number of carbonyl (C=O) groups excluding carboxylic acids is 1. The van der Waals surface area contributed by atoms with Crippen LogP contribution in [0.1, 0.15) is 23.2 Å². The minimum absolute atomic E-state index is 0.157. The second-order valence-corrected chi connectivity index (χ2v) is 8.81. The van der Waals surface area contributed by atoms with E-state index in [2.05, 4.69) is 25.7 Å². The van der Waals surface area contributed by atoms with E-state index in [4.69, 9.17) is 0 Å². The van der Waals surface area contributed by atoms with Crippen molar-refractivity contribution >= 4 is 22.6 Å². The smallest absolute Gasteiger partial charge is 0.320 e. The minimum atomic E-state index is -0.382. The van der Waals surface area contributed by atoms with Gasteiger partial charge in [-0.25, -0.2) is 9.78 Å². The number of amides is 2. The highest BCUT2D eigenvalue weighted by Crippen LogP contribution is 2.25. The van der Waals surface area contributed by atoms with Gasteiger partial charge in [-0.05, 0) is 35.6 Å². The van der Waals surface area contributed by atoms with Crippen molar-refractivity contribution in [3.63, 3.8) is 0 Å². The van der Waals surface area contributed by atoms with Gasteiger partial charge in [0, 0.05) is 23.7 Å². The van der Waals surface area contributed by atoms with Crippen LogP contribution in [0.2, 0.25) is 0 Å². The molecule has 2 heterocycles. The molecule has 3 aromatic carbocycles. The number of rotatable bonds is 5. The second-order valence-electron chi connectivity index (χ2n) is 8.81. The largest absolute Gasteiger partial charge is 0.334 e. The lowest BCUT2D eigenvalue weighted by molar-refractivity contribution is 0.251. The lowest BCUT2D eigenvalue weighted by Gasteiger charge is -2.11. The van der Waals surface area contributed by atoms with E-state index < -0.39 is 0 Å². The Morgan fingerprint density at radius 2 is 1.78 bits per heavy atom. The zero-order valence-electron chi connectivity index (χ0n) is 19.5. The summed E-state index contributed by atoms with van der Waals surface area (Å²) < 4.78 is 1.49. The first-order chi connectivity index (χ1) is 17.7. The number of anilines is 1. The average Bonchev–Trinajstić information content (AvgIpc) is 3.56. The second kappa shape index (κ2) is 9.14. The Labute approximate surface area is 207 Å². The van der Waals surface area contributed by atoms with Gasteiger partial charge in [-0.15, -0.1) is 0 Å². The van der Waals surface area contributed by atoms with E-state index in [1.54, 1.807) is 6.07 Å². The van der Waals surface area contributed by atoms with E-state index in [0.29, 0.717) is 18.1 Å². The van der Waals surface area contributed by atoms with E-state index in [-0.39, 0.29) is 17.5 Å². The SMILES string of the molecule is O=C(NCc1cccc2ccccc12)Nc1cc(-c2ccccc2)nn1-c1nc2c(c(=O)[nH]1)CCC2. The van der Waals surface area contributed by atoms with Gasteiger partial charge < -0.3 is 5.32 Å². The Hall–Kier alpha value is -4.72. The third kappa shape index (κ3) is 4.13. The topological polar surface area (TPSA) is 105 Å². The van der Waals surface area contributed by atoms with Crippen molar-refractivity contribution < 1.29 is 4.79 Å². The number of benzene rings is 3. The number of H-pyrrole nitrogens is 1.